The van der Waals surface area contributed by atoms with Gasteiger partial charge in [0.25, 0.3) is 5.91 Å². The standard InChI is InChI=1S/C10H11N3OS2/c1-5-4-15-10(11-5)13-9(14)8-6(2)16-7(3)12-8/h4H,1-3H3,(H,11,13,14). The van der Waals surface area contributed by atoms with E-state index >= 15 is 0 Å². The molecule has 1 amide bonds. The normalized spacial score (nSPS) is 10.4. The highest BCUT2D eigenvalue weighted by Gasteiger charge is 2.14. The van der Waals surface area contributed by atoms with Crippen molar-refractivity contribution in [2.24, 2.45) is 0 Å². The van der Waals surface area contributed by atoms with Crippen molar-refractivity contribution in [3.05, 3.63) is 26.7 Å². The van der Waals surface area contributed by atoms with Crippen LogP contribution in [0.2, 0.25) is 0 Å². The van der Waals surface area contributed by atoms with E-state index < -0.39 is 0 Å². The van der Waals surface area contributed by atoms with Crippen LogP contribution < -0.4 is 5.32 Å². The molecule has 4 nitrogen and oxygen atoms in total. The van der Waals surface area contributed by atoms with Gasteiger partial charge in [-0.05, 0) is 20.8 Å². The molecule has 0 aliphatic carbocycles. The van der Waals surface area contributed by atoms with Gasteiger partial charge in [0.15, 0.2) is 5.13 Å². The molecule has 0 fully saturated rings. The van der Waals surface area contributed by atoms with Gasteiger partial charge in [0.1, 0.15) is 5.69 Å². The Bertz CT molecular complexity index is 530. The van der Waals surface area contributed by atoms with Gasteiger partial charge in [-0.3, -0.25) is 10.1 Å². The molecular formula is C10H11N3OS2. The second kappa shape index (κ2) is 4.31. The molecule has 0 atom stereocenters. The summed E-state index contributed by atoms with van der Waals surface area (Å²) in [5.41, 5.74) is 1.40. The maximum absolute atomic E-state index is 11.9. The fraction of sp³-hybridized carbons (Fsp3) is 0.300. The van der Waals surface area contributed by atoms with Crippen LogP contribution >= 0.6 is 22.7 Å². The summed E-state index contributed by atoms with van der Waals surface area (Å²) in [6.07, 6.45) is 0. The maximum Gasteiger partial charge on any atom is 0.277 e. The lowest BCUT2D eigenvalue weighted by Gasteiger charge is -1.98. The van der Waals surface area contributed by atoms with Crippen LogP contribution in [0.1, 0.15) is 26.1 Å². The lowest BCUT2D eigenvalue weighted by Crippen LogP contribution is -2.13. The number of nitrogens with one attached hydrogen (secondary N) is 1. The van der Waals surface area contributed by atoms with Crippen molar-refractivity contribution in [3.63, 3.8) is 0 Å². The van der Waals surface area contributed by atoms with E-state index in [1.807, 2.05) is 26.2 Å². The van der Waals surface area contributed by atoms with Crippen molar-refractivity contribution in [2.75, 3.05) is 5.32 Å². The number of hydrogen-bond donors (Lipinski definition) is 1. The molecule has 2 rings (SSSR count). The minimum atomic E-state index is -0.184. The summed E-state index contributed by atoms with van der Waals surface area (Å²) in [5.74, 6) is -0.184. The number of nitrogens with zero attached hydrogens (tertiary/aromatic N) is 2. The predicted molar refractivity (Wildman–Crippen MR) is 66.4 cm³/mol. The summed E-state index contributed by atoms with van der Waals surface area (Å²) >= 11 is 2.94. The topological polar surface area (TPSA) is 54.9 Å². The summed E-state index contributed by atoms with van der Waals surface area (Å²) in [5, 5.41) is 6.16. The molecule has 16 heavy (non-hydrogen) atoms. The van der Waals surface area contributed by atoms with E-state index in [2.05, 4.69) is 15.3 Å². The Hall–Kier alpha value is -1.27. The highest BCUT2D eigenvalue weighted by atomic mass is 32.1. The van der Waals surface area contributed by atoms with E-state index in [0.29, 0.717) is 10.8 Å². The van der Waals surface area contributed by atoms with Gasteiger partial charge in [0.05, 0.1) is 10.7 Å². The second-order valence-corrected chi connectivity index (χ2v) is 5.65. The first kappa shape index (κ1) is 11.2. The van der Waals surface area contributed by atoms with Gasteiger partial charge in [0, 0.05) is 10.3 Å². The monoisotopic (exact) mass is 253 g/mol. The molecule has 0 bridgehead atoms. The Kier molecular flexibility index (Phi) is 3.02. The van der Waals surface area contributed by atoms with E-state index in [9.17, 15) is 4.79 Å². The van der Waals surface area contributed by atoms with Crippen LogP contribution in [-0.4, -0.2) is 15.9 Å². The van der Waals surface area contributed by atoms with Gasteiger partial charge in [0.2, 0.25) is 0 Å². The number of rotatable bonds is 2. The van der Waals surface area contributed by atoms with Gasteiger partial charge < -0.3 is 0 Å². The number of aryl methyl sites for hydroxylation is 3. The minimum absolute atomic E-state index is 0.184. The van der Waals surface area contributed by atoms with Crippen molar-refractivity contribution in [1.29, 1.82) is 0 Å². The summed E-state index contributed by atoms with van der Waals surface area (Å²) in [6.45, 7) is 5.68. The molecule has 2 aromatic rings. The number of carbonyl (C=O) groups is 1. The fourth-order valence-electron chi connectivity index (χ4n) is 1.31. The van der Waals surface area contributed by atoms with Gasteiger partial charge in [-0.25, -0.2) is 9.97 Å². The van der Waals surface area contributed by atoms with Crippen LogP contribution in [0.15, 0.2) is 5.38 Å². The van der Waals surface area contributed by atoms with Crippen LogP contribution in [0.4, 0.5) is 5.13 Å². The van der Waals surface area contributed by atoms with Gasteiger partial charge in [-0.15, -0.1) is 22.7 Å². The van der Waals surface area contributed by atoms with Gasteiger partial charge >= 0.3 is 0 Å². The van der Waals surface area contributed by atoms with Crippen LogP contribution in [0, 0.1) is 20.8 Å². The van der Waals surface area contributed by atoms with E-state index in [-0.39, 0.29) is 5.91 Å². The SMILES string of the molecule is Cc1csc(NC(=O)c2nc(C)sc2C)n1. The Morgan fingerprint density at radius 1 is 1.31 bits per heavy atom. The Morgan fingerprint density at radius 3 is 2.56 bits per heavy atom. The van der Waals surface area contributed by atoms with E-state index in [0.717, 1.165) is 15.6 Å². The Balaban J connectivity index is 2.17. The van der Waals surface area contributed by atoms with Gasteiger partial charge in [-0.2, -0.15) is 0 Å². The molecule has 84 valence electrons. The molecule has 0 radical (unpaired) electrons. The number of hydrogen-bond acceptors (Lipinski definition) is 5. The average Bonchev–Trinajstić information content (AvgIpc) is 2.73. The fourth-order valence-corrected chi connectivity index (χ4v) is 2.81. The average molecular weight is 253 g/mol. The zero-order chi connectivity index (χ0) is 11.7. The molecule has 0 saturated carbocycles. The zero-order valence-electron chi connectivity index (χ0n) is 9.20. The lowest BCUT2D eigenvalue weighted by molar-refractivity contribution is 0.102. The third kappa shape index (κ3) is 2.28. The second-order valence-electron chi connectivity index (χ2n) is 3.39. The van der Waals surface area contributed by atoms with Crippen LogP contribution in [0.3, 0.4) is 0 Å². The molecule has 1 N–H and O–H groups in total. The lowest BCUT2D eigenvalue weighted by atomic mass is 10.3. The molecule has 0 unspecified atom stereocenters. The van der Waals surface area contributed by atoms with Crippen molar-refractivity contribution in [2.45, 2.75) is 20.8 Å². The molecule has 2 heterocycles. The molecule has 0 aliphatic rings. The van der Waals surface area contributed by atoms with E-state index in [4.69, 9.17) is 0 Å². The largest absolute Gasteiger partial charge is 0.296 e. The number of aromatic nitrogens is 2. The first-order chi connectivity index (χ1) is 7.56. The number of thiazole rings is 2. The van der Waals surface area contributed by atoms with E-state index in [1.165, 1.54) is 22.7 Å². The van der Waals surface area contributed by atoms with Crippen molar-refractivity contribution in [1.82, 2.24) is 9.97 Å². The number of carbonyl (C=O) groups excluding carboxylic acids is 1. The third-order valence-corrected chi connectivity index (χ3v) is 3.72. The highest BCUT2D eigenvalue weighted by molar-refractivity contribution is 7.14. The third-order valence-electron chi connectivity index (χ3n) is 1.96. The van der Waals surface area contributed by atoms with Crippen LogP contribution in [0.5, 0.6) is 0 Å². The number of anilines is 1. The van der Waals surface area contributed by atoms with Crippen molar-refractivity contribution >= 4 is 33.7 Å². The molecule has 0 spiro atoms. The smallest absolute Gasteiger partial charge is 0.277 e. The number of amides is 1. The summed E-state index contributed by atoms with van der Waals surface area (Å²) in [7, 11) is 0. The molecule has 0 aliphatic heterocycles. The van der Waals surface area contributed by atoms with Crippen LogP contribution in [0.25, 0.3) is 0 Å². The zero-order valence-corrected chi connectivity index (χ0v) is 10.8. The van der Waals surface area contributed by atoms with E-state index in [1.54, 1.807) is 0 Å². The Labute approximate surface area is 101 Å². The first-order valence-electron chi connectivity index (χ1n) is 4.74. The van der Waals surface area contributed by atoms with Crippen LogP contribution in [-0.2, 0) is 0 Å². The highest BCUT2D eigenvalue weighted by Crippen LogP contribution is 2.19. The quantitative estimate of drug-likeness (QED) is 0.895. The summed E-state index contributed by atoms with van der Waals surface area (Å²) in [6, 6.07) is 0. The minimum Gasteiger partial charge on any atom is -0.296 e. The van der Waals surface area contributed by atoms with Crippen molar-refractivity contribution in [3.8, 4) is 0 Å². The first-order valence-corrected chi connectivity index (χ1v) is 6.43. The predicted octanol–water partition coefficient (Wildman–Crippen LogP) is 2.78. The molecule has 6 heteroatoms. The molecule has 0 saturated heterocycles. The summed E-state index contributed by atoms with van der Waals surface area (Å²) in [4.78, 5) is 21.2. The Morgan fingerprint density at radius 2 is 2.06 bits per heavy atom. The van der Waals surface area contributed by atoms with Gasteiger partial charge in [-0.1, -0.05) is 0 Å². The maximum atomic E-state index is 11.9. The molecular weight excluding hydrogens is 242 g/mol. The van der Waals surface area contributed by atoms with Crippen molar-refractivity contribution < 1.29 is 4.79 Å². The molecule has 0 aromatic carbocycles. The summed E-state index contributed by atoms with van der Waals surface area (Å²) < 4.78 is 0. The molecule has 2 aromatic heterocycles.